The zero-order valence-electron chi connectivity index (χ0n) is 15.7. The Kier molecular flexibility index (Phi) is 5.37. The Morgan fingerprint density at radius 1 is 0.893 bits per heavy atom. The highest BCUT2D eigenvalue weighted by atomic mass is 16.2. The van der Waals surface area contributed by atoms with E-state index in [1.807, 2.05) is 42.5 Å². The van der Waals surface area contributed by atoms with Gasteiger partial charge in [0, 0.05) is 17.9 Å². The number of anilines is 1. The van der Waals surface area contributed by atoms with Gasteiger partial charge in [-0.1, -0.05) is 49.9 Å². The van der Waals surface area contributed by atoms with Gasteiger partial charge in [-0.3, -0.25) is 14.0 Å². The van der Waals surface area contributed by atoms with Gasteiger partial charge in [-0.05, 0) is 37.1 Å². The number of rotatable bonds is 4. The molecule has 1 fully saturated rings. The number of carbonyl (C=O) groups excluding carboxylic acids is 2. The van der Waals surface area contributed by atoms with Crippen LogP contribution in [0, 0.1) is 0 Å². The molecular weight excluding hydrogens is 352 g/mol. The standard InChI is InChI=1S/C22H24N4O2/c27-21(23-16-12-6-3-7-13-16)19-18-14-8-9-15-26(18)20(25-19)22(28)24-17-10-4-1-2-5-11-17/h3,6-9,12-15,17H,1-2,4-5,10-11H2,(H,23,27)(H,24,28). The van der Waals surface area contributed by atoms with Crippen molar-refractivity contribution in [1.82, 2.24) is 14.7 Å². The van der Waals surface area contributed by atoms with Crippen LogP contribution in [0.1, 0.15) is 59.6 Å². The summed E-state index contributed by atoms with van der Waals surface area (Å²) >= 11 is 0. The minimum Gasteiger partial charge on any atom is -0.347 e. The van der Waals surface area contributed by atoms with Crippen LogP contribution in [0.5, 0.6) is 0 Å². The summed E-state index contributed by atoms with van der Waals surface area (Å²) in [5, 5.41) is 5.96. The second-order valence-corrected chi connectivity index (χ2v) is 7.22. The predicted molar refractivity (Wildman–Crippen MR) is 109 cm³/mol. The van der Waals surface area contributed by atoms with Crippen LogP contribution in [0.25, 0.3) is 5.52 Å². The summed E-state index contributed by atoms with van der Waals surface area (Å²) in [5.74, 6) is -0.312. The molecule has 0 unspecified atom stereocenters. The number of pyridine rings is 1. The third kappa shape index (κ3) is 3.91. The molecule has 3 aromatic rings. The van der Waals surface area contributed by atoms with Gasteiger partial charge in [0.15, 0.2) is 5.69 Å². The normalized spacial score (nSPS) is 15.1. The van der Waals surface area contributed by atoms with Gasteiger partial charge < -0.3 is 10.6 Å². The first-order valence-electron chi connectivity index (χ1n) is 9.87. The number of aromatic nitrogens is 2. The number of para-hydroxylation sites is 1. The van der Waals surface area contributed by atoms with E-state index >= 15 is 0 Å². The molecule has 0 saturated heterocycles. The number of imidazole rings is 1. The van der Waals surface area contributed by atoms with E-state index in [0.29, 0.717) is 11.2 Å². The smallest absolute Gasteiger partial charge is 0.287 e. The van der Waals surface area contributed by atoms with Crippen molar-refractivity contribution in [2.45, 2.75) is 44.6 Å². The third-order valence-corrected chi connectivity index (χ3v) is 5.19. The Labute approximate surface area is 164 Å². The van der Waals surface area contributed by atoms with Crippen molar-refractivity contribution in [3.05, 3.63) is 66.2 Å². The number of benzene rings is 1. The Morgan fingerprint density at radius 3 is 2.36 bits per heavy atom. The Morgan fingerprint density at radius 2 is 1.61 bits per heavy atom. The van der Waals surface area contributed by atoms with E-state index in [9.17, 15) is 9.59 Å². The molecule has 0 radical (unpaired) electrons. The number of nitrogens with zero attached hydrogens (tertiary/aromatic N) is 2. The van der Waals surface area contributed by atoms with Crippen molar-refractivity contribution in [2.75, 3.05) is 5.32 Å². The van der Waals surface area contributed by atoms with Crippen LogP contribution in [0.15, 0.2) is 54.7 Å². The van der Waals surface area contributed by atoms with Crippen LogP contribution in [-0.4, -0.2) is 27.2 Å². The minimum absolute atomic E-state index is 0.174. The van der Waals surface area contributed by atoms with Crippen molar-refractivity contribution in [2.24, 2.45) is 0 Å². The fraction of sp³-hybridized carbons (Fsp3) is 0.318. The lowest BCUT2D eigenvalue weighted by molar-refractivity contribution is 0.0922. The Hall–Kier alpha value is -3.15. The van der Waals surface area contributed by atoms with E-state index in [1.54, 1.807) is 16.7 Å². The van der Waals surface area contributed by atoms with Crippen LogP contribution < -0.4 is 10.6 Å². The lowest BCUT2D eigenvalue weighted by atomic mass is 10.1. The summed E-state index contributed by atoms with van der Waals surface area (Å²) in [5.41, 5.74) is 1.55. The van der Waals surface area contributed by atoms with Crippen LogP contribution in [0.3, 0.4) is 0 Å². The van der Waals surface area contributed by atoms with Gasteiger partial charge in [0.05, 0.1) is 5.52 Å². The monoisotopic (exact) mass is 376 g/mol. The Balaban J connectivity index is 1.60. The molecule has 1 aliphatic carbocycles. The van der Waals surface area contributed by atoms with Gasteiger partial charge in [0.2, 0.25) is 5.82 Å². The van der Waals surface area contributed by atoms with E-state index < -0.39 is 0 Å². The average Bonchev–Trinajstić information content (AvgIpc) is 2.92. The first-order chi connectivity index (χ1) is 13.7. The maximum Gasteiger partial charge on any atom is 0.287 e. The number of nitrogens with one attached hydrogen (secondary N) is 2. The van der Waals surface area contributed by atoms with Crippen LogP contribution in [0.4, 0.5) is 5.69 Å². The van der Waals surface area contributed by atoms with Gasteiger partial charge in [-0.2, -0.15) is 0 Å². The molecule has 0 spiro atoms. The number of fused-ring (bicyclic) bond motifs is 1. The first kappa shape index (κ1) is 18.2. The topological polar surface area (TPSA) is 75.5 Å². The molecule has 2 N–H and O–H groups in total. The molecule has 0 aliphatic heterocycles. The fourth-order valence-corrected chi connectivity index (χ4v) is 3.75. The second-order valence-electron chi connectivity index (χ2n) is 7.22. The van der Waals surface area contributed by atoms with Crippen molar-refractivity contribution in [3.8, 4) is 0 Å². The lowest BCUT2D eigenvalue weighted by Crippen LogP contribution is -2.35. The molecule has 1 aliphatic rings. The molecule has 2 heterocycles. The van der Waals surface area contributed by atoms with Crippen LogP contribution in [0.2, 0.25) is 0 Å². The molecule has 28 heavy (non-hydrogen) atoms. The predicted octanol–water partition coefficient (Wildman–Crippen LogP) is 4.04. The van der Waals surface area contributed by atoms with Crippen LogP contribution >= 0.6 is 0 Å². The molecule has 2 aromatic heterocycles. The van der Waals surface area contributed by atoms with Gasteiger partial charge in [0.1, 0.15) is 0 Å². The summed E-state index contributed by atoms with van der Waals surface area (Å²) < 4.78 is 1.69. The highest BCUT2D eigenvalue weighted by molar-refractivity contribution is 6.08. The molecule has 1 aromatic carbocycles. The summed E-state index contributed by atoms with van der Waals surface area (Å²) in [4.78, 5) is 30.1. The third-order valence-electron chi connectivity index (χ3n) is 5.19. The molecule has 0 atom stereocenters. The Bertz CT molecular complexity index is 973. The number of hydrogen-bond donors (Lipinski definition) is 2. The van der Waals surface area contributed by atoms with Gasteiger partial charge in [0.25, 0.3) is 11.8 Å². The molecule has 4 rings (SSSR count). The molecule has 6 nitrogen and oxygen atoms in total. The molecule has 2 amide bonds. The van der Waals surface area contributed by atoms with Gasteiger partial charge in [-0.25, -0.2) is 4.98 Å². The van der Waals surface area contributed by atoms with E-state index in [1.165, 1.54) is 12.8 Å². The molecule has 144 valence electrons. The van der Waals surface area contributed by atoms with E-state index in [4.69, 9.17) is 0 Å². The number of amides is 2. The second kappa shape index (κ2) is 8.25. The summed E-state index contributed by atoms with van der Waals surface area (Å²) in [6.45, 7) is 0. The minimum atomic E-state index is -0.330. The zero-order chi connectivity index (χ0) is 19.3. The quantitative estimate of drug-likeness (QED) is 0.675. The fourth-order valence-electron chi connectivity index (χ4n) is 3.75. The SMILES string of the molecule is O=C(Nc1ccccc1)c1nc(C(=O)NC2CCCCCC2)n2ccccc12. The molecule has 1 saturated carbocycles. The van der Waals surface area contributed by atoms with E-state index in [2.05, 4.69) is 15.6 Å². The molecule has 6 heteroatoms. The van der Waals surface area contributed by atoms with E-state index in [-0.39, 0.29) is 29.4 Å². The molecular formula is C22H24N4O2. The first-order valence-corrected chi connectivity index (χ1v) is 9.87. The van der Waals surface area contributed by atoms with Crippen molar-refractivity contribution < 1.29 is 9.59 Å². The van der Waals surface area contributed by atoms with E-state index in [0.717, 1.165) is 25.7 Å². The van der Waals surface area contributed by atoms with Gasteiger partial charge >= 0.3 is 0 Å². The summed E-state index contributed by atoms with van der Waals surface area (Å²) in [6.07, 6.45) is 8.48. The molecule has 0 bridgehead atoms. The zero-order valence-corrected chi connectivity index (χ0v) is 15.7. The lowest BCUT2D eigenvalue weighted by Gasteiger charge is -2.15. The maximum atomic E-state index is 12.9. The maximum absolute atomic E-state index is 12.9. The average molecular weight is 376 g/mol. The summed E-state index contributed by atoms with van der Waals surface area (Å²) in [6, 6.07) is 14.9. The van der Waals surface area contributed by atoms with Crippen molar-refractivity contribution in [1.29, 1.82) is 0 Å². The van der Waals surface area contributed by atoms with Crippen molar-refractivity contribution >= 4 is 23.0 Å². The van der Waals surface area contributed by atoms with Crippen LogP contribution in [-0.2, 0) is 0 Å². The largest absolute Gasteiger partial charge is 0.347 e. The highest BCUT2D eigenvalue weighted by Gasteiger charge is 2.23. The number of carbonyl (C=O) groups is 2. The summed E-state index contributed by atoms with van der Waals surface area (Å²) in [7, 11) is 0. The highest BCUT2D eigenvalue weighted by Crippen LogP contribution is 2.19. The van der Waals surface area contributed by atoms with Gasteiger partial charge in [-0.15, -0.1) is 0 Å². The number of hydrogen-bond acceptors (Lipinski definition) is 3. The van der Waals surface area contributed by atoms with Crippen molar-refractivity contribution in [3.63, 3.8) is 0 Å².